The summed E-state index contributed by atoms with van der Waals surface area (Å²) < 4.78 is 38.9. The topological polar surface area (TPSA) is 55.8 Å². The monoisotopic (exact) mass is 421 g/mol. The van der Waals surface area contributed by atoms with Crippen LogP contribution in [0.3, 0.4) is 0 Å². The van der Waals surface area contributed by atoms with Crippen molar-refractivity contribution < 1.29 is 17.9 Å². The first kappa shape index (κ1) is 18.8. The maximum atomic E-state index is 13.1. The zero-order chi connectivity index (χ0) is 18.2. The van der Waals surface area contributed by atoms with Gasteiger partial charge in [0.25, 0.3) is 0 Å². The smallest absolute Gasteiger partial charge is 0.246 e. The number of methoxy groups -OCH3 is 2. The lowest BCUT2D eigenvalue weighted by atomic mass is 10.0. The lowest BCUT2D eigenvalue weighted by Gasteiger charge is -2.25. The number of rotatable bonds is 5. The van der Waals surface area contributed by atoms with Crippen LogP contribution in [0.5, 0.6) is 11.5 Å². The molecule has 2 aromatic rings. The van der Waals surface area contributed by atoms with Crippen LogP contribution in [-0.4, -0.2) is 33.5 Å². The molecule has 2 heterocycles. The SMILES string of the molecule is COc1ccc(OC)c(C2CCCN2S(=O)(=O)c2cc(Cl)sc2Cl)c1. The van der Waals surface area contributed by atoms with Crippen LogP contribution in [0.15, 0.2) is 29.2 Å². The summed E-state index contributed by atoms with van der Waals surface area (Å²) in [6.07, 6.45) is 1.44. The maximum Gasteiger partial charge on any atom is 0.246 e. The number of sulfonamides is 1. The molecule has 1 aliphatic heterocycles. The van der Waals surface area contributed by atoms with Crippen LogP contribution >= 0.6 is 34.5 Å². The van der Waals surface area contributed by atoms with E-state index in [0.717, 1.165) is 23.3 Å². The molecule has 0 saturated carbocycles. The van der Waals surface area contributed by atoms with Crippen molar-refractivity contribution in [3.05, 3.63) is 38.5 Å². The van der Waals surface area contributed by atoms with Gasteiger partial charge >= 0.3 is 0 Å². The highest BCUT2D eigenvalue weighted by molar-refractivity contribution is 7.89. The molecule has 1 saturated heterocycles. The summed E-state index contributed by atoms with van der Waals surface area (Å²) in [5, 5.41) is 0. The quantitative estimate of drug-likeness (QED) is 0.707. The predicted molar refractivity (Wildman–Crippen MR) is 99.8 cm³/mol. The first-order valence-electron chi connectivity index (χ1n) is 7.57. The Morgan fingerprint density at radius 3 is 2.56 bits per heavy atom. The highest BCUT2D eigenvalue weighted by Crippen LogP contribution is 2.44. The Hall–Kier alpha value is -0.990. The number of benzene rings is 1. The molecule has 0 N–H and O–H groups in total. The fourth-order valence-electron chi connectivity index (χ4n) is 3.07. The molecular weight excluding hydrogens is 405 g/mol. The highest BCUT2D eigenvalue weighted by atomic mass is 35.5. The average Bonchev–Trinajstić information content (AvgIpc) is 3.21. The zero-order valence-electron chi connectivity index (χ0n) is 13.7. The van der Waals surface area contributed by atoms with E-state index < -0.39 is 10.0 Å². The third-order valence-corrected chi connectivity index (χ3v) is 7.87. The van der Waals surface area contributed by atoms with Crippen LogP contribution in [0.2, 0.25) is 8.67 Å². The fraction of sp³-hybridized carbons (Fsp3) is 0.375. The molecule has 1 aliphatic rings. The molecule has 0 aliphatic carbocycles. The van der Waals surface area contributed by atoms with E-state index in [2.05, 4.69) is 0 Å². The van der Waals surface area contributed by atoms with Gasteiger partial charge in [-0.05, 0) is 37.1 Å². The van der Waals surface area contributed by atoms with E-state index in [9.17, 15) is 8.42 Å². The number of ether oxygens (including phenoxy) is 2. The second-order valence-electron chi connectivity index (χ2n) is 5.57. The molecule has 136 valence electrons. The molecular formula is C16H17Cl2NO4S2. The summed E-state index contributed by atoms with van der Waals surface area (Å²) in [6, 6.07) is 6.45. The van der Waals surface area contributed by atoms with E-state index >= 15 is 0 Å². The van der Waals surface area contributed by atoms with Crippen molar-refractivity contribution in [3.8, 4) is 11.5 Å². The third kappa shape index (κ3) is 3.48. The van der Waals surface area contributed by atoms with Crippen LogP contribution in [-0.2, 0) is 10.0 Å². The van der Waals surface area contributed by atoms with Crippen LogP contribution in [0.25, 0.3) is 0 Å². The Bertz CT molecular complexity index is 882. The molecule has 1 atom stereocenters. The summed E-state index contributed by atoms with van der Waals surface area (Å²) >= 11 is 13.1. The van der Waals surface area contributed by atoms with E-state index in [1.165, 1.54) is 10.4 Å². The van der Waals surface area contributed by atoms with Crippen molar-refractivity contribution >= 4 is 44.6 Å². The summed E-state index contributed by atoms with van der Waals surface area (Å²) in [5.41, 5.74) is 0.778. The zero-order valence-corrected chi connectivity index (χ0v) is 16.8. The van der Waals surface area contributed by atoms with Gasteiger partial charge in [-0.2, -0.15) is 4.31 Å². The first-order valence-corrected chi connectivity index (χ1v) is 10.6. The van der Waals surface area contributed by atoms with Gasteiger partial charge in [-0.15, -0.1) is 11.3 Å². The largest absolute Gasteiger partial charge is 0.497 e. The average molecular weight is 422 g/mol. The van der Waals surface area contributed by atoms with Crippen molar-refractivity contribution in [3.63, 3.8) is 0 Å². The Labute approximate surface area is 161 Å². The molecule has 25 heavy (non-hydrogen) atoms. The number of thiophene rings is 1. The van der Waals surface area contributed by atoms with E-state index in [1.807, 2.05) is 6.07 Å². The van der Waals surface area contributed by atoms with E-state index in [4.69, 9.17) is 32.7 Å². The van der Waals surface area contributed by atoms with Crippen LogP contribution < -0.4 is 9.47 Å². The molecule has 0 spiro atoms. The lowest BCUT2D eigenvalue weighted by molar-refractivity contribution is 0.362. The number of halogens is 2. The Morgan fingerprint density at radius 2 is 1.96 bits per heavy atom. The van der Waals surface area contributed by atoms with Crippen molar-refractivity contribution in [1.82, 2.24) is 4.31 Å². The van der Waals surface area contributed by atoms with Crippen molar-refractivity contribution in [2.24, 2.45) is 0 Å². The standard InChI is InChI=1S/C16H17Cl2NO4S2/c1-22-10-5-6-13(23-2)11(8-10)12-4-3-7-19(12)25(20,21)14-9-15(17)24-16(14)18/h5-6,8-9,12H,3-4,7H2,1-2H3. The van der Waals surface area contributed by atoms with Crippen LogP contribution in [0.1, 0.15) is 24.4 Å². The molecule has 1 fully saturated rings. The van der Waals surface area contributed by atoms with E-state index in [-0.39, 0.29) is 15.3 Å². The second kappa shape index (κ2) is 7.32. The molecule has 1 aromatic heterocycles. The van der Waals surface area contributed by atoms with E-state index in [1.54, 1.807) is 26.4 Å². The number of nitrogens with zero attached hydrogens (tertiary/aromatic N) is 1. The molecule has 1 unspecified atom stereocenters. The molecule has 0 radical (unpaired) electrons. The lowest BCUT2D eigenvalue weighted by Crippen LogP contribution is -2.30. The molecule has 0 bridgehead atoms. The van der Waals surface area contributed by atoms with Gasteiger partial charge in [0, 0.05) is 12.1 Å². The normalized spacial score (nSPS) is 18.5. The van der Waals surface area contributed by atoms with Gasteiger partial charge in [-0.3, -0.25) is 0 Å². The summed E-state index contributed by atoms with van der Waals surface area (Å²) in [7, 11) is -0.624. The summed E-state index contributed by atoms with van der Waals surface area (Å²) in [6.45, 7) is 0.414. The Morgan fingerprint density at radius 1 is 1.20 bits per heavy atom. The molecule has 0 amide bonds. The van der Waals surface area contributed by atoms with Gasteiger partial charge in [-0.25, -0.2) is 8.42 Å². The minimum atomic E-state index is -3.76. The molecule has 3 rings (SSSR count). The van der Waals surface area contributed by atoms with Crippen LogP contribution in [0.4, 0.5) is 0 Å². The Balaban J connectivity index is 2.05. The molecule has 9 heteroatoms. The van der Waals surface area contributed by atoms with E-state index in [0.29, 0.717) is 28.8 Å². The van der Waals surface area contributed by atoms with Gasteiger partial charge in [0.2, 0.25) is 10.0 Å². The fourth-order valence-corrected chi connectivity index (χ4v) is 6.85. The highest BCUT2D eigenvalue weighted by Gasteiger charge is 2.39. The second-order valence-corrected chi connectivity index (χ2v) is 9.71. The van der Waals surface area contributed by atoms with Crippen LogP contribution in [0, 0.1) is 0 Å². The van der Waals surface area contributed by atoms with Gasteiger partial charge in [0.05, 0.1) is 24.6 Å². The molecule has 1 aromatic carbocycles. The van der Waals surface area contributed by atoms with Crippen molar-refractivity contribution in [2.75, 3.05) is 20.8 Å². The number of hydrogen-bond donors (Lipinski definition) is 0. The van der Waals surface area contributed by atoms with Crippen molar-refractivity contribution in [2.45, 2.75) is 23.8 Å². The van der Waals surface area contributed by atoms with Gasteiger partial charge < -0.3 is 9.47 Å². The Kier molecular flexibility index (Phi) is 5.51. The first-order chi connectivity index (χ1) is 11.9. The number of hydrogen-bond acceptors (Lipinski definition) is 5. The maximum absolute atomic E-state index is 13.1. The molecule has 5 nitrogen and oxygen atoms in total. The minimum Gasteiger partial charge on any atom is -0.497 e. The summed E-state index contributed by atoms with van der Waals surface area (Å²) in [4.78, 5) is 0.0536. The van der Waals surface area contributed by atoms with Gasteiger partial charge in [0.1, 0.15) is 20.7 Å². The van der Waals surface area contributed by atoms with Gasteiger partial charge in [-0.1, -0.05) is 23.2 Å². The third-order valence-electron chi connectivity index (χ3n) is 4.21. The van der Waals surface area contributed by atoms with Gasteiger partial charge in [0.15, 0.2) is 0 Å². The van der Waals surface area contributed by atoms with Crippen molar-refractivity contribution in [1.29, 1.82) is 0 Å². The minimum absolute atomic E-state index is 0.0536. The predicted octanol–water partition coefficient (Wildman–Crippen LogP) is 4.60. The summed E-state index contributed by atoms with van der Waals surface area (Å²) in [5.74, 6) is 1.28.